The summed E-state index contributed by atoms with van der Waals surface area (Å²) in [6.07, 6.45) is -0.968. The first-order chi connectivity index (χ1) is 16.6. The molecular formula is C28H32N2O4S. The van der Waals surface area contributed by atoms with Gasteiger partial charge in [0.05, 0.1) is 17.1 Å². The lowest BCUT2D eigenvalue weighted by Gasteiger charge is -2.36. The van der Waals surface area contributed by atoms with E-state index in [-0.39, 0.29) is 28.7 Å². The number of benzene rings is 3. The number of nitrogens with one attached hydrogen (secondary N) is 1. The zero-order valence-corrected chi connectivity index (χ0v) is 21.4. The van der Waals surface area contributed by atoms with Crippen molar-refractivity contribution in [3.05, 3.63) is 90.0 Å². The predicted octanol–water partition coefficient (Wildman–Crippen LogP) is 4.86. The van der Waals surface area contributed by atoms with Crippen LogP contribution < -0.4 is 14.4 Å². The number of amides is 1. The Labute approximate surface area is 208 Å². The Balaban J connectivity index is 1.63. The van der Waals surface area contributed by atoms with Crippen molar-refractivity contribution in [1.29, 1.82) is 0 Å². The Kier molecular flexibility index (Phi) is 6.90. The van der Waals surface area contributed by atoms with E-state index in [9.17, 15) is 13.2 Å². The molecule has 2 atom stereocenters. The SMILES string of the molecule is C[C@@H](CNC(=O)[C@H]1CN(S(=O)(=O)c2ccccc2)c2cc(C(C)(C)C)ccc2O1)c1ccccc1. The fraction of sp³-hybridized carbons (Fsp3) is 0.321. The maximum Gasteiger partial charge on any atom is 0.264 e. The van der Waals surface area contributed by atoms with Gasteiger partial charge in [-0.2, -0.15) is 0 Å². The summed E-state index contributed by atoms with van der Waals surface area (Å²) in [5.41, 5.74) is 2.36. The molecule has 0 aliphatic carbocycles. The van der Waals surface area contributed by atoms with Crippen molar-refractivity contribution in [2.75, 3.05) is 17.4 Å². The Morgan fingerprint density at radius 3 is 2.29 bits per heavy atom. The summed E-state index contributed by atoms with van der Waals surface area (Å²) < 4.78 is 34.7. The van der Waals surface area contributed by atoms with Gasteiger partial charge < -0.3 is 10.1 Å². The number of sulfonamides is 1. The van der Waals surface area contributed by atoms with E-state index in [0.29, 0.717) is 18.0 Å². The van der Waals surface area contributed by atoms with Crippen molar-refractivity contribution in [2.45, 2.75) is 50.0 Å². The van der Waals surface area contributed by atoms with Gasteiger partial charge in [-0.3, -0.25) is 9.10 Å². The van der Waals surface area contributed by atoms with Crippen molar-refractivity contribution in [2.24, 2.45) is 0 Å². The van der Waals surface area contributed by atoms with Crippen LogP contribution in [0.15, 0.2) is 83.8 Å². The van der Waals surface area contributed by atoms with Gasteiger partial charge in [0.15, 0.2) is 6.10 Å². The molecule has 1 aliphatic heterocycles. The highest BCUT2D eigenvalue weighted by Crippen LogP contribution is 2.40. The number of hydrogen-bond donors (Lipinski definition) is 1. The first-order valence-corrected chi connectivity index (χ1v) is 13.2. The van der Waals surface area contributed by atoms with E-state index in [1.165, 1.54) is 4.31 Å². The standard InChI is InChI=1S/C28H32N2O4S/c1-20(21-11-7-5-8-12-21)18-29-27(31)26-19-30(35(32,33)23-13-9-6-10-14-23)24-17-22(28(2,3)4)15-16-25(24)34-26/h5-17,20,26H,18-19H2,1-4H3,(H,29,31)/t20-,26+/m0/s1. The number of hydrogen-bond acceptors (Lipinski definition) is 4. The third kappa shape index (κ3) is 5.35. The Bertz CT molecular complexity index is 1290. The van der Waals surface area contributed by atoms with E-state index in [2.05, 4.69) is 26.1 Å². The van der Waals surface area contributed by atoms with Crippen molar-refractivity contribution >= 4 is 21.6 Å². The summed E-state index contributed by atoms with van der Waals surface area (Å²) in [4.78, 5) is 13.3. The maximum absolute atomic E-state index is 13.7. The first kappa shape index (κ1) is 24.8. The molecule has 0 spiro atoms. The average Bonchev–Trinajstić information content (AvgIpc) is 2.86. The van der Waals surface area contributed by atoms with Crippen LogP contribution in [0.1, 0.15) is 44.7 Å². The molecule has 1 aliphatic rings. The maximum atomic E-state index is 13.7. The van der Waals surface area contributed by atoms with E-state index in [1.807, 2.05) is 49.4 Å². The number of carbonyl (C=O) groups is 1. The van der Waals surface area contributed by atoms with Gasteiger partial charge in [0, 0.05) is 6.54 Å². The molecule has 0 unspecified atom stereocenters. The summed E-state index contributed by atoms with van der Waals surface area (Å²) in [7, 11) is -3.91. The quantitative estimate of drug-likeness (QED) is 0.533. The summed E-state index contributed by atoms with van der Waals surface area (Å²) in [6.45, 7) is 8.55. The summed E-state index contributed by atoms with van der Waals surface area (Å²) >= 11 is 0. The second-order valence-electron chi connectivity index (χ2n) is 9.95. The van der Waals surface area contributed by atoms with Gasteiger partial charge in [0.25, 0.3) is 15.9 Å². The minimum absolute atomic E-state index is 0.106. The van der Waals surface area contributed by atoms with E-state index in [0.717, 1.165) is 11.1 Å². The zero-order chi connectivity index (χ0) is 25.2. The average molecular weight is 493 g/mol. The third-order valence-corrected chi connectivity index (χ3v) is 8.06. The molecule has 184 valence electrons. The predicted molar refractivity (Wildman–Crippen MR) is 138 cm³/mol. The third-order valence-electron chi connectivity index (χ3n) is 6.27. The van der Waals surface area contributed by atoms with Crippen LogP contribution in [0, 0.1) is 0 Å². The largest absolute Gasteiger partial charge is 0.476 e. The van der Waals surface area contributed by atoms with E-state index >= 15 is 0 Å². The summed E-state index contributed by atoms with van der Waals surface area (Å²) in [5.74, 6) is 0.140. The van der Waals surface area contributed by atoms with Crippen LogP contribution in [-0.2, 0) is 20.2 Å². The molecule has 1 N–H and O–H groups in total. The van der Waals surface area contributed by atoms with Gasteiger partial charge in [-0.05, 0) is 46.7 Å². The number of fused-ring (bicyclic) bond motifs is 1. The lowest BCUT2D eigenvalue weighted by molar-refractivity contribution is -0.127. The highest BCUT2D eigenvalue weighted by Gasteiger charge is 2.38. The van der Waals surface area contributed by atoms with Crippen molar-refractivity contribution in [3.8, 4) is 5.75 Å². The molecule has 0 fully saturated rings. The van der Waals surface area contributed by atoms with Gasteiger partial charge in [0.1, 0.15) is 5.75 Å². The van der Waals surface area contributed by atoms with Crippen molar-refractivity contribution < 1.29 is 17.9 Å². The summed E-state index contributed by atoms with van der Waals surface area (Å²) in [5, 5.41) is 2.94. The Hall–Kier alpha value is -3.32. The molecular weight excluding hydrogens is 460 g/mol. The van der Waals surface area contributed by atoms with Crippen LogP contribution in [0.25, 0.3) is 0 Å². The number of nitrogens with zero attached hydrogens (tertiary/aromatic N) is 1. The zero-order valence-electron chi connectivity index (χ0n) is 20.6. The molecule has 6 nitrogen and oxygen atoms in total. The number of rotatable bonds is 6. The molecule has 1 heterocycles. The van der Waals surface area contributed by atoms with E-state index < -0.39 is 16.1 Å². The molecule has 0 saturated heterocycles. The molecule has 0 aromatic heterocycles. The topological polar surface area (TPSA) is 75.7 Å². The second-order valence-corrected chi connectivity index (χ2v) is 11.8. The van der Waals surface area contributed by atoms with Gasteiger partial charge in [-0.1, -0.05) is 82.3 Å². The van der Waals surface area contributed by atoms with Crippen LogP contribution in [-0.4, -0.2) is 33.5 Å². The smallest absolute Gasteiger partial charge is 0.264 e. The van der Waals surface area contributed by atoms with Crippen LogP contribution in [0.4, 0.5) is 5.69 Å². The normalized spacial score (nSPS) is 16.7. The molecule has 0 saturated carbocycles. The number of ether oxygens (including phenoxy) is 1. The van der Waals surface area contributed by atoms with Crippen LogP contribution >= 0.6 is 0 Å². The molecule has 3 aromatic carbocycles. The molecule has 0 bridgehead atoms. The van der Waals surface area contributed by atoms with E-state index in [4.69, 9.17) is 4.74 Å². The Morgan fingerprint density at radius 2 is 1.66 bits per heavy atom. The number of anilines is 1. The lowest BCUT2D eigenvalue weighted by Crippen LogP contribution is -2.51. The van der Waals surface area contributed by atoms with E-state index in [1.54, 1.807) is 36.4 Å². The molecule has 35 heavy (non-hydrogen) atoms. The van der Waals surface area contributed by atoms with Gasteiger partial charge >= 0.3 is 0 Å². The highest BCUT2D eigenvalue weighted by molar-refractivity contribution is 7.92. The van der Waals surface area contributed by atoms with Gasteiger partial charge in [-0.25, -0.2) is 8.42 Å². The number of carbonyl (C=O) groups excluding carboxylic acids is 1. The molecule has 4 rings (SSSR count). The molecule has 7 heteroatoms. The minimum Gasteiger partial charge on any atom is -0.476 e. The lowest BCUT2D eigenvalue weighted by atomic mass is 9.86. The van der Waals surface area contributed by atoms with Crippen molar-refractivity contribution in [3.63, 3.8) is 0 Å². The van der Waals surface area contributed by atoms with Gasteiger partial charge in [0.2, 0.25) is 0 Å². The molecule has 1 amide bonds. The first-order valence-electron chi connectivity index (χ1n) is 11.8. The van der Waals surface area contributed by atoms with Gasteiger partial charge in [-0.15, -0.1) is 0 Å². The fourth-order valence-electron chi connectivity index (χ4n) is 4.07. The van der Waals surface area contributed by atoms with Crippen LogP contribution in [0.5, 0.6) is 5.75 Å². The summed E-state index contributed by atoms with van der Waals surface area (Å²) in [6, 6.07) is 23.7. The Morgan fingerprint density at radius 1 is 1.03 bits per heavy atom. The molecule has 0 radical (unpaired) electrons. The minimum atomic E-state index is -3.91. The van der Waals surface area contributed by atoms with Crippen LogP contribution in [0.2, 0.25) is 0 Å². The second kappa shape index (κ2) is 9.74. The fourth-order valence-corrected chi connectivity index (χ4v) is 5.56. The van der Waals surface area contributed by atoms with Crippen molar-refractivity contribution in [1.82, 2.24) is 5.32 Å². The molecule has 3 aromatic rings. The monoisotopic (exact) mass is 492 g/mol. The van der Waals surface area contributed by atoms with Crippen LogP contribution in [0.3, 0.4) is 0 Å². The highest BCUT2D eigenvalue weighted by atomic mass is 32.2.